The second-order valence-corrected chi connectivity index (χ2v) is 11.7. The molecule has 32 heavy (non-hydrogen) atoms. The number of halogens is 2. The van der Waals surface area contributed by atoms with Crippen molar-refractivity contribution in [2.45, 2.75) is 109 Å². The van der Waals surface area contributed by atoms with Crippen LogP contribution in [0.5, 0.6) is 0 Å². The van der Waals surface area contributed by atoms with Crippen molar-refractivity contribution in [3.8, 4) is 0 Å². The summed E-state index contributed by atoms with van der Waals surface area (Å²) in [5.74, 6) is 5.73. The zero-order valence-corrected chi connectivity index (χ0v) is 20.2. The first kappa shape index (κ1) is 24.4. The van der Waals surface area contributed by atoms with Gasteiger partial charge in [0.1, 0.15) is 0 Å². The summed E-state index contributed by atoms with van der Waals surface area (Å²) < 4.78 is 31.0. The third kappa shape index (κ3) is 6.67. The van der Waals surface area contributed by atoms with Crippen LogP contribution in [0.3, 0.4) is 0 Å². The lowest BCUT2D eigenvalue weighted by Crippen LogP contribution is -2.35. The predicted molar refractivity (Wildman–Crippen MR) is 129 cm³/mol. The summed E-state index contributed by atoms with van der Waals surface area (Å²) in [6.45, 7) is 4.83. The molecule has 4 aliphatic rings. The van der Waals surface area contributed by atoms with Crippen molar-refractivity contribution in [2.75, 3.05) is 6.61 Å². The molecule has 1 heterocycles. The highest BCUT2D eigenvalue weighted by Gasteiger charge is 2.36. The molecule has 182 valence electrons. The zero-order chi connectivity index (χ0) is 22.3. The van der Waals surface area contributed by atoms with Gasteiger partial charge in [-0.05, 0) is 150 Å². The number of allylic oxidation sites excluding steroid dienone is 2. The van der Waals surface area contributed by atoms with Gasteiger partial charge in [0.05, 0.1) is 12.7 Å². The number of ether oxygens (including phenoxy) is 1. The maximum atomic E-state index is 12.4. The number of rotatable bonds is 7. The van der Waals surface area contributed by atoms with Crippen LogP contribution in [0.4, 0.5) is 8.78 Å². The van der Waals surface area contributed by atoms with Crippen LogP contribution in [-0.2, 0) is 4.74 Å². The Balaban J connectivity index is 1.13. The largest absolute Gasteiger partial charge is 0.378 e. The Bertz CT molecular complexity index is 580. The van der Waals surface area contributed by atoms with Gasteiger partial charge >= 0.3 is 0 Å². The molecule has 4 rings (SSSR count). The third-order valence-corrected chi connectivity index (χ3v) is 9.89. The van der Waals surface area contributed by atoms with Crippen LogP contribution in [0.1, 0.15) is 103 Å². The quantitative estimate of drug-likeness (QED) is 0.353. The monoisotopic (exact) mass is 448 g/mol. The van der Waals surface area contributed by atoms with Gasteiger partial charge in [-0.15, -0.1) is 6.58 Å². The molecule has 2 atom stereocenters. The SMILES string of the molecule is C=CCC1CCC(C2CCC(C3CCC(C4CCC(CC=C(F)F)CC4)CC3)CC2)OC1. The molecule has 0 N–H and O–H groups in total. The standard InChI is InChI=1S/C29H46F2O/c1-2-3-22-6-18-28(32-20-22)27-16-14-26(15-17-27)25-12-10-24(11-13-25)23-8-4-21(5-9-23)7-19-29(30)31/h2,19,21-28H,1,3-18,20H2. The molecule has 3 heteroatoms. The van der Waals surface area contributed by atoms with Gasteiger partial charge in [-0.25, -0.2) is 0 Å². The van der Waals surface area contributed by atoms with Gasteiger partial charge in [-0.1, -0.05) is 6.08 Å². The Morgan fingerprint density at radius 1 is 0.625 bits per heavy atom. The maximum absolute atomic E-state index is 12.4. The summed E-state index contributed by atoms with van der Waals surface area (Å²) in [7, 11) is 0. The summed E-state index contributed by atoms with van der Waals surface area (Å²) in [5, 5.41) is 0. The van der Waals surface area contributed by atoms with Crippen molar-refractivity contribution in [1.29, 1.82) is 0 Å². The Morgan fingerprint density at radius 3 is 1.53 bits per heavy atom. The van der Waals surface area contributed by atoms with Crippen LogP contribution in [0.15, 0.2) is 24.8 Å². The first-order valence-corrected chi connectivity index (χ1v) is 13.9. The summed E-state index contributed by atoms with van der Waals surface area (Å²) >= 11 is 0. The summed E-state index contributed by atoms with van der Waals surface area (Å²) in [5.41, 5.74) is 0. The average molecular weight is 449 g/mol. The third-order valence-electron chi connectivity index (χ3n) is 9.89. The van der Waals surface area contributed by atoms with Gasteiger partial charge in [0.15, 0.2) is 0 Å². The van der Waals surface area contributed by atoms with Crippen molar-refractivity contribution < 1.29 is 13.5 Å². The molecule has 1 aliphatic heterocycles. The lowest BCUT2D eigenvalue weighted by Gasteiger charge is -2.43. The Morgan fingerprint density at radius 2 is 1.09 bits per heavy atom. The molecular formula is C29H46F2O. The van der Waals surface area contributed by atoms with E-state index in [0.717, 1.165) is 61.5 Å². The Labute approximate surface area is 195 Å². The maximum Gasteiger partial charge on any atom is 0.266 e. The van der Waals surface area contributed by atoms with Crippen LogP contribution < -0.4 is 0 Å². The first-order valence-electron chi connectivity index (χ1n) is 13.9. The highest BCUT2D eigenvalue weighted by Crippen LogP contribution is 2.47. The predicted octanol–water partition coefficient (Wildman–Crippen LogP) is 8.95. The molecule has 0 aromatic rings. The molecule has 0 aromatic carbocycles. The highest BCUT2D eigenvalue weighted by atomic mass is 19.3. The highest BCUT2D eigenvalue weighted by molar-refractivity contribution is 4.90. The van der Waals surface area contributed by atoms with Crippen molar-refractivity contribution in [3.05, 3.63) is 24.8 Å². The van der Waals surface area contributed by atoms with E-state index in [0.29, 0.717) is 24.4 Å². The van der Waals surface area contributed by atoms with Gasteiger partial charge in [0.2, 0.25) is 0 Å². The number of hydrogen-bond acceptors (Lipinski definition) is 1. The molecule has 0 spiro atoms. The fourth-order valence-corrected chi connectivity index (χ4v) is 7.85. The fourth-order valence-electron chi connectivity index (χ4n) is 7.85. The molecule has 1 saturated heterocycles. The van der Waals surface area contributed by atoms with Crippen LogP contribution in [-0.4, -0.2) is 12.7 Å². The zero-order valence-electron chi connectivity index (χ0n) is 20.2. The van der Waals surface area contributed by atoms with E-state index in [2.05, 4.69) is 6.58 Å². The molecular weight excluding hydrogens is 402 g/mol. The minimum atomic E-state index is -1.50. The second kappa shape index (κ2) is 12.1. The van der Waals surface area contributed by atoms with Gasteiger partial charge < -0.3 is 4.74 Å². The van der Waals surface area contributed by atoms with E-state index in [1.807, 2.05) is 6.08 Å². The topological polar surface area (TPSA) is 9.23 Å². The fraction of sp³-hybridized carbons (Fsp3) is 0.862. The molecule has 0 bridgehead atoms. The van der Waals surface area contributed by atoms with Crippen LogP contribution in [0, 0.1) is 41.4 Å². The minimum Gasteiger partial charge on any atom is -0.378 e. The molecule has 0 radical (unpaired) electrons. The average Bonchev–Trinajstić information content (AvgIpc) is 2.84. The summed E-state index contributed by atoms with van der Waals surface area (Å²) in [6, 6.07) is 0. The first-order chi connectivity index (χ1) is 15.6. The molecule has 4 fully saturated rings. The van der Waals surface area contributed by atoms with E-state index < -0.39 is 6.08 Å². The van der Waals surface area contributed by atoms with Crippen LogP contribution in [0.2, 0.25) is 0 Å². The Kier molecular flexibility index (Phi) is 9.26. The molecule has 3 aliphatic carbocycles. The van der Waals surface area contributed by atoms with E-state index in [9.17, 15) is 8.78 Å². The summed E-state index contributed by atoms with van der Waals surface area (Å²) in [6.07, 6.45) is 22.8. The van der Waals surface area contributed by atoms with Crippen LogP contribution in [0.25, 0.3) is 0 Å². The molecule has 3 saturated carbocycles. The summed E-state index contributed by atoms with van der Waals surface area (Å²) in [4.78, 5) is 0. The second-order valence-electron chi connectivity index (χ2n) is 11.7. The Hall–Kier alpha value is -0.700. The van der Waals surface area contributed by atoms with E-state index >= 15 is 0 Å². The van der Waals surface area contributed by atoms with E-state index in [4.69, 9.17) is 4.74 Å². The van der Waals surface area contributed by atoms with Crippen molar-refractivity contribution in [3.63, 3.8) is 0 Å². The van der Waals surface area contributed by atoms with Crippen molar-refractivity contribution in [2.24, 2.45) is 41.4 Å². The van der Waals surface area contributed by atoms with Gasteiger partial charge in [0, 0.05) is 0 Å². The minimum absolute atomic E-state index is 0.500. The lowest BCUT2D eigenvalue weighted by molar-refractivity contribution is -0.0599. The molecule has 0 amide bonds. The molecule has 2 unspecified atom stereocenters. The molecule has 0 aromatic heterocycles. The van der Waals surface area contributed by atoms with E-state index in [-0.39, 0.29) is 0 Å². The van der Waals surface area contributed by atoms with Crippen molar-refractivity contribution in [1.82, 2.24) is 0 Å². The van der Waals surface area contributed by atoms with E-state index in [1.54, 1.807) is 0 Å². The van der Waals surface area contributed by atoms with Gasteiger partial charge in [-0.3, -0.25) is 0 Å². The molecule has 1 nitrogen and oxygen atoms in total. The van der Waals surface area contributed by atoms with Crippen molar-refractivity contribution >= 4 is 0 Å². The van der Waals surface area contributed by atoms with Gasteiger partial charge in [-0.2, -0.15) is 8.78 Å². The van der Waals surface area contributed by atoms with E-state index in [1.165, 1.54) is 77.0 Å². The number of hydrogen-bond donors (Lipinski definition) is 0. The lowest BCUT2D eigenvalue weighted by atomic mass is 9.64. The smallest absolute Gasteiger partial charge is 0.266 e. The normalized spacial score (nSPS) is 41.1. The van der Waals surface area contributed by atoms with Gasteiger partial charge in [0.25, 0.3) is 6.08 Å². The van der Waals surface area contributed by atoms with Crippen LogP contribution >= 0.6 is 0 Å².